The van der Waals surface area contributed by atoms with Crippen LogP contribution in [0.15, 0.2) is 65.8 Å². The van der Waals surface area contributed by atoms with Gasteiger partial charge in [0.25, 0.3) is 10.0 Å². The van der Waals surface area contributed by atoms with E-state index in [0.717, 1.165) is 36.7 Å². The van der Waals surface area contributed by atoms with Crippen LogP contribution in [0.2, 0.25) is 0 Å². The molecule has 0 radical (unpaired) electrons. The number of hydrogen-bond acceptors (Lipinski definition) is 5. The average Bonchev–Trinajstić information content (AvgIpc) is 3.28. The van der Waals surface area contributed by atoms with Gasteiger partial charge in [-0.1, -0.05) is 6.07 Å². The minimum atomic E-state index is -4.89. The number of anilines is 1. The molecule has 1 aliphatic heterocycles. The van der Waals surface area contributed by atoms with Crippen LogP contribution in [0.5, 0.6) is 5.75 Å². The summed E-state index contributed by atoms with van der Waals surface area (Å²) in [4.78, 5) is 3.74. The fraction of sp³-hybridized carbons (Fsp3) is 0.200. The molecule has 0 atom stereocenters. The summed E-state index contributed by atoms with van der Waals surface area (Å²) in [6.45, 7) is 0.451. The van der Waals surface area contributed by atoms with E-state index in [2.05, 4.69) is 14.8 Å². The Balaban J connectivity index is 1.74. The van der Waals surface area contributed by atoms with Crippen LogP contribution < -0.4 is 9.46 Å². The molecular formula is C25H20F4N4O3S. The standard InChI is InChI=1S/C25H20F4N4O3S/c1-33-20(10-12-31-33)23-19(32-37(34,35)16-7-6-15-4-3-13-36-21(15)14-16)9-8-17(25(27,28)29)22(23)24-18(26)5-2-11-30-24/h2,5-12,14,32H,3-4,13H2,1H3. The van der Waals surface area contributed by atoms with Gasteiger partial charge in [-0.15, -0.1) is 0 Å². The Morgan fingerprint density at radius 1 is 1.05 bits per heavy atom. The number of pyridine rings is 1. The zero-order valence-electron chi connectivity index (χ0n) is 19.4. The molecule has 0 saturated heterocycles. The second-order valence-electron chi connectivity index (χ2n) is 8.41. The molecule has 7 nitrogen and oxygen atoms in total. The Morgan fingerprint density at radius 2 is 1.86 bits per heavy atom. The monoisotopic (exact) mass is 532 g/mol. The number of benzene rings is 2. The van der Waals surface area contributed by atoms with Crippen LogP contribution in [-0.4, -0.2) is 29.8 Å². The maximum Gasteiger partial charge on any atom is 0.417 e. The zero-order chi connectivity index (χ0) is 26.4. The van der Waals surface area contributed by atoms with E-state index >= 15 is 0 Å². The largest absolute Gasteiger partial charge is 0.493 e. The number of halogens is 4. The van der Waals surface area contributed by atoms with Crippen molar-refractivity contribution in [2.24, 2.45) is 7.05 Å². The Morgan fingerprint density at radius 3 is 2.57 bits per heavy atom. The van der Waals surface area contributed by atoms with Gasteiger partial charge in [-0.25, -0.2) is 12.8 Å². The van der Waals surface area contributed by atoms with Gasteiger partial charge < -0.3 is 4.74 Å². The number of aromatic nitrogens is 3. The van der Waals surface area contributed by atoms with Crippen LogP contribution >= 0.6 is 0 Å². The maximum absolute atomic E-state index is 14.9. The van der Waals surface area contributed by atoms with Crippen LogP contribution in [0, 0.1) is 5.82 Å². The van der Waals surface area contributed by atoms with Crippen molar-refractivity contribution in [1.29, 1.82) is 0 Å². The second kappa shape index (κ2) is 9.18. The van der Waals surface area contributed by atoms with Crippen molar-refractivity contribution < 1.29 is 30.7 Å². The third kappa shape index (κ3) is 4.64. The summed E-state index contributed by atoms with van der Waals surface area (Å²) in [5, 5.41) is 4.01. The third-order valence-corrected chi connectivity index (χ3v) is 7.39. The van der Waals surface area contributed by atoms with Gasteiger partial charge >= 0.3 is 6.18 Å². The molecule has 5 rings (SSSR count). The van der Waals surface area contributed by atoms with E-state index in [9.17, 15) is 26.0 Å². The lowest BCUT2D eigenvalue weighted by Crippen LogP contribution is -2.17. The molecule has 0 unspecified atom stereocenters. The molecule has 0 spiro atoms. The van der Waals surface area contributed by atoms with Crippen molar-refractivity contribution in [3.05, 3.63) is 77.9 Å². The Labute approximate surface area is 209 Å². The minimum absolute atomic E-state index is 0.123. The van der Waals surface area contributed by atoms with Crippen molar-refractivity contribution in [3.63, 3.8) is 0 Å². The first-order chi connectivity index (χ1) is 17.6. The molecule has 3 heterocycles. The van der Waals surface area contributed by atoms with Crippen molar-refractivity contribution in [1.82, 2.24) is 14.8 Å². The number of nitrogens with one attached hydrogen (secondary N) is 1. The molecule has 1 aliphatic rings. The quantitative estimate of drug-likeness (QED) is 0.347. The highest BCUT2D eigenvalue weighted by Gasteiger charge is 2.38. The molecule has 0 aliphatic carbocycles. The van der Waals surface area contributed by atoms with Gasteiger partial charge in [-0.2, -0.15) is 18.3 Å². The highest BCUT2D eigenvalue weighted by atomic mass is 32.2. The predicted molar refractivity (Wildman–Crippen MR) is 128 cm³/mol. The average molecular weight is 533 g/mol. The predicted octanol–water partition coefficient (Wildman–Crippen LogP) is 5.43. The fourth-order valence-electron chi connectivity index (χ4n) is 4.32. The lowest BCUT2D eigenvalue weighted by atomic mass is 9.93. The molecule has 192 valence electrons. The highest BCUT2D eigenvalue weighted by Crippen LogP contribution is 2.46. The van der Waals surface area contributed by atoms with E-state index in [-0.39, 0.29) is 21.8 Å². The second-order valence-corrected chi connectivity index (χ2v) is 10.1. The molecule has 1 N–H and O–H groups in total. The third-order valence-electron chi connectivity index (χ3n) is 6.02. The number of rotatable bonds is 5. The van der Waals surface area contributed by atoms with E-state index in [1.807, 2.05) is 0 Å². The number of hydrogen-bond donors (Lipinski definition) is 1. The fourth-order valence-corrected chi connectivity index (χ4v) is 5.40. The molecule has 0 bridgehead atoms. The smallest absolute Gasteiger partial charge is 0.417 e. The van der Waals surface area contributed by atoms with Gasteiger partial charge in [0.2, 0.25) is 0 Å². The number of nitrogens with zero attached hydrogens (tertiary/aromatic N) is 3. The van der Waals surface area contributed by atoms with E-state index in [1.165, 1.54) is 42.2 Å². The van der Waals surface area contributed by atoms with E-state index in [0.29, 0.717) is 18.4 Å². The van der Waals surface area contributed by atoms with Gasteiger partial charge in [0.15, 0.2) is 0 Å². The SMILES string of the molecule is Cn1nccc1-c1c(NS(=O)(=O)c2ccc3c(c2)OCCC3)ccc(C(F)(F)F)c1-c1ncccc1F. The number of ether oxygens (including phenoxy) is 1. The molecule has 2 aromatic carbocycles. The summed E-state index contributed by atoms with van der Waals surface area (Å²) >= 11 is 0. The van der Waals surface area contributed by atoms with Crippen molar-refractivity contribution in [2.45, 2.75) is 23.9 Å². The Kier molecular flexibility index (Phi) is 6.14. The summed E-state index contributed by atoms with van der Waals surface area (Å²) in [5.74, 6) is -0.562. The van der Waals surface area contributed by atoms with E-state index < -0.39 is 38.8 Å². The summed E-state index contributed by atoms with van der Waals surface area (Å²) in [5.41, 5.74) is -1.79. The summed E-state index contributed by atoms with van der Waals surface area (Å²) < 4.78 is 93.3. The van der Waals surface area contributed by atoms with Crippen molar-refractivity contribution in [3.8, 4) is 28.3 Å². The summed E-state index contributed by atoms with van der Waals surface area (Å²) in [6.07, 6.45) is -0.835. The summed E-state index contributed by atoms with van der Waals surface area (Å²) in [6, 6.07) is 9.78. The first-order valence-corrected chi connectivity index (χ1v) is 12.7. The van der Waals surface area contributed by atoms with Crippen LogP contribution in [-0.2, 0) is 29.7 Å². The van der Waals surface area contributed by atoms with Crippen molar-refractivity contribution in [2.75, 3.05) is 11.3 Å². The van der Waals surface area contributed by atoms with Gasteiger partial charge in [-0.3, -0.25) is 14.4 Å². The zero-order valence-corrected chi connectivity index (χ0v) is 20.2. The van der Waals surface area contributed by atoms with Crippen molar-refractivity contribution >= 4 is 15.7 Å². The minimum Gasteiger partial charge on any atom is -0.493 e. The molecule has 2 aromatic heterocycles. The molecule has 12 heteroatoms. The van der Waals surface area contributed by atoms with Gasteiger partial charge in [0.1, 0.15) is 17.3 Å². The van der Waals surface area contributed by atoms with Gasteiger partial charge in [0.05, 0.1) is 28.4 Å². The Hall–Kier alpha value is -3.93. The number of fused-ring (bicyclic) bond motifs is 1. The normalized spacial score (nSPS) is 13.6. The Bertz CT molecular complexity index is 1600. The van der Waals surface area contributed by atoms with Crippen LogP contribution in [0.4, 0.5) is 23.2 Å². The first kappa shape index (κ1) is 24.8. The number of sulfonamides is 1. The molecule has 0 amide bonds. The maximum atomic E-state index is 14.9. The number of aryl methyl sites for hydroxylation is 2. The highest BCUT2D eigenvalue weighted by molar-refractivity contribution is 7.92. The topological polar surface area (TPSA) is 86.1 Å². The lowest BCUT2D eigenvalue weighted by Gasteiger charge is -2.22. The van der Waals surface area contributed by atoms with Crippen LogP contribution in [0.3, 0.4) is 0 Å². The van der Waals surface area contributed by atoms with Gasteiger partial charge in [0, 0.05) is 36.6 Å². The molecule has 37 heavy (non-hydrogen) atoms. The molecule has 0 fully saturated rings. The molecule has 0 saturated carbocycles. The molecular weight excluding hydrogens is 512 g/mol. The number of alkyl halides is 3. The van der Waals surface area contributed by atoms with Crippen LogP contribution in [0.25, 0.3) is 22.5 Å². The molecule has 4 aromatic rings. The van der Waals surface area contributed by atoms with E-state index in [1.54, 1.807) is 6.07 Å². The summed E-state index contributed by atoms with van der Waals surface area (Å²) in [7, 11) is -2.81. The van der Waals surface area contributed by atoms with E-state index in [4.69, 9.17) is 4.74 Å². The van der Waals surface area contributed by atoms with Gasteiger partial charge in [-0.05, 0) is 54.8 Å². The van der Waals surface area contributed by atoms with Crippen LogP contribution in [0.1, 0.15) is 17.5 Å². The lowest BCUT2D eigenvalue weighted by molar-refractivity contribution is -0.137. The first-order valence-electron chi connectivity index (χ1n) is 11.2.